The molecule has 1 aromatic rings. The molecule has 1 aromatic heterocycles. The Balaban J connectivity index is 1.77. The maximum Gasteiger partial charge on any atom is 0.208 e. The Bertz CT molecular complexity index is 376. The molecule has 0 bridgehead atoms. The molecule has 2 saturated heterocycles. The number of ether oxygens (including phenoxy) is 2. The number of aromatic nitrogens is 2. The van der Waals surface area contributed by atoms with Gasteiger partial charge in [-0.25, -0.2) is 0 Å². The van der Waals surface area contributed by atoms with Crippen molar-refractivity contribution in [1.29, 1.82) is 0 Å². The molecular weight excluding hydrogens is 226 g/mol. The molecule has 16 heavy (non-hydrogen) atoms. The van der Waals surface area contributed by atoms with Crippen molar-refractivity contribution in [2.75, 3.05) is 37.8 Å². The summed E-state index contributed by atoms with van der Waals surface area (Å²) in [6.45, 7) is 6.03. The van der Waals surface area contributed by atoms with Crippen LogP contribution in [0.3, 0.4) is 0 Å². The highest BCUT2D eigenvalue weighted by Gasteiger charge is 2.41. The zero-order chi connectivity index (χ0) is 11.0. The zero-order valence-corrected chi connectivity index (χ0v) is 10.1. The van der Waals surface area contributed by atoms with Gasteiger partial charge in [-0.1, -0.05) is 11.3 Å². The molecule has 0 N–H and O–H groups in total. The molecule has 5 nitrogen and oxygen atoms in total. The minimum absolute atomic E-state index is 0.0994. The van der Waals surface area contributed by atoms with Crippen LogP contribution >= 0.6 is 11.3 Å². The molecule has 2 aliphatic heterocycles. The average Bonchev–Trinajstić information content (AvgIpc) is 2.89. The van der Waals surface area contributed by atoms with E-state index in [4.69, 9.17) is 9.47 Å². The van der Waals surface area contributed by atoms with Crippen LogP contribution in [0.4, 0.5) is 5.13 Å². The predicted molar refractivity (Wildman–Crippen MR) is 61.0 cm³/mol. The minimum atomic E-state index is -0.0994. The Morgan fingerprint density at radius 2 is 2.31 bits per heavy atom. The minimum Gasteiger partial charge on any atom is -0.378 e. The third-order valence-corrected chi connectivity index (χ3v) is 4.00. The summed E-state index contributed by atoms with van der Waals surface area (Å²) in [5.41, 5.74) is -0.0994. The van der Waals surface area contributed by atoms with Crippen molar-refractivity contribution in [1.82, 2.24) is 10.2 Å². The number of hydrogen-bond donors (Lipinski definition) is 0. The van der Waals surface area contributed by atoms with Crippen molar-refractivity contribution in [3.8, 4) is 0 Å². The summed E-state index contributed by atoms with van der Waals surface area (Å²) in [6.07, 6.45) is 0.987. The molecule has 1 spiro atoms. The van der Waals surface area contributed by atoms with E-state index >= 15 is 0 Å². The molecule has 3 heterocycles. The van der Waals surface area contributed by atoms with Crippen molar-refractivity contribution in [2.24, 2.45) is 0 Å². The highest BCUT2D eigenvalue weighted by Crippen LogP contribution is 2.31. The molecule has 0 amide bonds. The van der Waals surface area contributed by atoms with E-state index in [0.717, 1.165) is 42.9 Å². The van der Waals surface area contributed by atoms with Gasteiger partial charge in [0.1, 0.15) is 10.6 Å². The van der Waals surface area contributed by atoms with Crippen LogP contribution in [0.2, 0.25) is 0 Å². The lowest BCUT2D eigenvalue weighted by molar-refractivity contribution is -0.0579. The molecular formula is C10H15N3O2S. The van der Waals surface area contributed by atoms with Gasteiger partial charge in [0.2, 0.25) is 5.13 Å². The van der Waals surface area contributed by atoms with Gasteiger partial charge in [0.25, 0.3) is 0 Å². The summed E-state index contributed by atoms with van der Waals surface area (Å²) in [7, 11) is 0. The third-order valence-electron chi connectivity index (χ3n) is 3.10. The van der Waals surface area contributed by atoms with E-state index in [2.05, 4.69) is 15.1 Å². The van der Waals surface area contributed by atoms with E-state index in [1.807, 2.05) is 6.92 Å². The van der Waals surface area contributed by atoms with Crippen LogP contribution in [0, 0.1) is 6.92 Å². The van der Waals surface area contributed by atoms with Crippen LogP contribution in [0.25, 0.3) is 0 Å². The molecule has 1 atom stereocenters. The Kier molecular flexibility index (Phi) is 2.57. The predicted octanol–water partition coefficient (Wildman–Crippen LogP) is 0.842. The fraction of sp³-hybridized carbons (Fsp3) is 0.800. The Hall–Kier alpha value is -0.720. The van der Waals surface area contributed by atoms with Gasteiger partial charge < -0.3 is 14.4 Å². The number of hydrogen-bond acceptors (Lipinski definition) is 6. The first-order valence-corrected chi connectivity index (χ1v) is 6.36. The molecule has 0 aromatic carbocycles. The van der Waals surface area contributed by atoms with Crippen molar-refractivity contribution in [3.63, 3.8) is 0 Å². The van der Waals surface area contributed by atoms with Gasteiger partial charge in [-0.05, 0) is 6.92 Å². The second-order valence-corrected chi connectivity index (χ2v) is 5.52. The largest absolute Gasteiger partial charge is 0.378 e. The van der Waals surface area contributed by atoms with E-state index in [0.29, 0.717) is 6.61 Å². The van der Waals surface area contributed by atoms with E-state index in [1.165, 1.54) is 0 Å². The summed E-state index contributed by atoms with van der Waals surface area (Å²) in [4.78, 5) is 2.27. The topological polar surface area (TPSA) is 47.5 Å². The first-order valence-electron chi connectivity index (χ1n) is 5.54. The molecule has 3 rings (SSSR count). The maximum absolute atomic E-state index is 5.87. The lowest BCUT2D eigenvalue weighted by Gasteiger charge is -2.39. The summed E-state index contributed by atoms with van der Waals surface area (Å²) in [5, 5.41) is 10.3. The van der Waals surface area contributed by atoms with Gasteiger partial charge >= 0.3 is 0 Å². The molecule has 6 heteroatoms. The summed E-state index contributed by atoms with van der Waals surface area (Å²) in [6, 6.07) is 0. The van der Waals surface area contributed by atoms with Crippen molar-refractivity contribution >= 4 is 16.5 Å². The first kappa shape index (κ1) is 10.4. The van der Waals surface area contributed by atoms with Crippen LogP contribution in [0.5, 0.6) is 0 Å². The first-order chi connectivity index (χ1) is 7.77. The quantitative estimate of drug-likeness (QED) is 0.729. The molecule has 0 aliphatic carbocycles. The Morgan fingerprint density at radius 3 is 3.00 bits per heavy atom. The van der Waals surface area contributed by atoms with Gasteiger partial charge in [-0.15, -0.1) is 10.2 Å². The lowest BCUT2D eigenvalue weighted by atomic mass is 10.0. The number of aryl methyl sites for hydroxylation is 1. The fourth-order valence-electron chi connectivity index (χ4n) is 2.25. The number of morpholine rings is 1. The fourth-order valence-corrected chi connectivity index (χ4v) is 2.96. The van der Waals surface area contributed by atoms with E-state index in [1.54, 1.807) is 11.3 Å². The molecule has 1 unspecified atom stereocenters. The number of anilines is 1. The van der Waals surface area contributed by atoms with Crippen molar-refractivity contribution < 1.29 is 9.47 Å². The number of rotatable bonds is 1. The van der Waals surface area contributed by atoms with Crippen molar-refractivity contribution in [2.45, 2.75) is 18.9 Å². The van der Waals surface area contributed by atoms with Gasteiger partial charge in [-0.2, -0.15) is 0 Å². The molecule has 88 valence electrons. The van der Waals surface area contributed by atoms with E-state index < -0.39 is 0 Å². The van der Waals surface area contributed by atoms with Crippen LogP contribution in [-0.2, 0) is 9.47 Å². The highest BCUT2D eigenvalue weighted by molar-refractivity contribution is 7.15. The van der Waals surface area contributed by atoms with Gasteiger partial charge in [0.15, 0.2) is 0 Å². The summed E-state index contributed by atoms with van der Waals surface area (Å²) in [5.74, 6) is 0. The smallest absolute Gasteiger partial charge is 0.208 e. The highest BCUT2D eigenvalue weighted by atomic mass is 32.1. The van der Waals surface area contributed by atoms with Gasteiger partial charge in [0, 0.05) is 19.6 Å². The summed E-state index contributed by atoms with van der Waals surface area (Å²) >= 11 is 1.64. The monoisotopic (exact) mass is 241 g/mol. The van der Waals surface area contributed by atoms with Crippen LogP contribution in [0.1, 0.15) is 11.4 Å². The molecule has 2 fully saturated rings. The zero-order valence-electron chi connectivity index (χ0n) is 9.31. The Labute approximate surface area is 98.4 Å². The third kappa shape index (κ3) is 1.81. The average molecular weight is 241 g/mol. The Morgan fingerprint density at radius 1 is 1.38 bits per heavy atom. The van der Waals surface area contributed by atoms with Crippen LogP contribution in [-0.4, -0.2) is 48.7 Å². The molecule has 2 aliphatic rings. The second-order valence-electron chi connectivity index (χ2n) is 4.36. The lowest BCUT2D eigenvalue weighted by Crippen LogP contribution is -2.52. The van der Waals surface area contributed by atoms with E-state index in [9.17, 15) is 0 Å². The van der Waals surface area contributed by atoms with Gasteiger partial charge in [-0.3, -0.25) is 0 Å². The van der Waals surface area contributed by atoms with Crippen LogP contribution < -0.4 is 4.90 Å². The molecule has 0 radical (unpaired) electrons. The van der Waals surface area contributed by atoms with Gasteiger partial charge in [0.05, 0.1) is 19.8 Å². The van der Waals surface area contributed by atoms with Crippen LogP contribution in [0.15, 0.2) is 0 Å². The summed E-state index contributed by atoms with van der Waals surface area (Å²) < 4.78 is 11.3. The second kappa shape index (κ2) is 3.94. The standard InChI is InChI=1S/C10H15N3O2S/c1-8-11-12-9(16-8)13-3-5-15-10(6-13)2-4-14-7-10/h2-7H2,1H3. The normalized spacial score (nSPS) is 30.2. The molecule has 0 saturated carbocycles. The SMILES string of the molecule is Cc1nnc(N2CCOC3(CCOC3)C2)s1. The number of nitrogens with zero attached hydrogens (tertiary/aromatic N) is 3. The van der Waals surface area contributed by atoms with E-state index in [-0.39, 0.29) is 5.60 Å². The maximum atomic E-state index is 5.87. The van der Waals surface area contributed by atoms with Crippen molar-refractivity contribution in [3.05, 3.63) is 5.01 Å².